The SMILES string of the molecule is c1ccc(Nc2cc(-c3cccnc3)nc([C@@H]3CCCCN3Cc3ccncc3)n2)cc1. The molecule has 5 rings (SSSR count). The van der Waals surface area contributed by atoms with Crippen LogP contribution in [0.1, 0.15) is 36.7 Å². The molecule has 1 aliphatic rings. The third kappa shape index (κ3) is 4.81. The van der Waals surface area contributed by atoms with Gasteiger partial charge in [-0.3, -0.25) is 14.9 Å². The Labute approximate surface area is 188 Å². The molecule has 160 valence electrons. The summed E-state index contributed by atoms with van der Waals surface area (Å²) in [6.45, 7) is 1.91. The monoisotopic (exact) mass is 422 g/mol. The first-order valence-corrected chi connectivity index (χ1v) is 11.1. The van der Waals surface area contributed by atoms with E-state index in [4.69, 9.17) is 9.97 Å². The average molecular weight is 423 g/mol. The Bertz CT molecular complexity index is 1130. The second kappa shape index (κ2) is 9.66. The molecule has 3 aromatic heterocycles. The van der Waals surface area contributed by atoms with Crippen LogP contribution < -0.4 is 5.32 Å². The number of likely N-dealkylation sites (tertiary alicyclic amines) is 1. The molecule has 1 aromatic carbocycles. The summed E-state index contributed by atoms with van der Waals surface area (Å²) in [4.78, 5) is 20.9. The minimum absolute atomic E-state index is 0.171. The minimum Gasteiger partial charge on any atom is -0.340 e. The van der Waals surface area contributed by atoms with Crippen LogP contribution in [-0.2, 0) is 6.54 Å². The lowest BCUT2D eigenvalue weighted by atomic mass is 10.00. The van der Waals surface area contributed by atoms with Crippen LogP contribution >= 0.6 is 0 Å². The Kier molecular flexibility index (Phi) is 6.12. The molecule has 0 radical (unpaired) electrons. The van der Waals surface area contributed by atoms with Crippen molar-refractivity contribution in [1.29, 1.82) is 0 Å². The highest BCUT2D eigenvalue weighted by Gasteiger charge is 2.27. The maximum absolute atomic E-state index is 5.02. The van der Waals surface area contributed by atoms with E-state index >= 15 is 0 Å². The molecule has 1 aliphatic heterocycles. The van der Waals surface area contributed by atoms with Crippen LogP contribution in [0, 0.1) is 0 Å². The zero-order valence-electron chi connectivity index (χ0n) is 17.9. The number of aromatic nitrogens is 4. The lowest BCUT2D eigenvalue weighted by Crippen LogP contribution is -2.34. The van der Waals surface area contributed by atoms with Crippen molar-refractivity contribution in [3.63, 3.8) is 0 Å². The second-order valence-corrected chi connectivity index (χ2v) is 8.07. The Morgan fingerprint density at radius 1 is 0.875 bits per heavy atom. The number of nitrogens with zero attached hydrogens (tertiary/aromatic N) is 5. The van der Waals surface area contributed by atoms with E-state index in [0.717, 1.165) is 48.1 Å². The van der Waals surface area contributed by atoms with E-state index in [1.165, 1.54) is 18.4 Å². The molecule has 32 heavy (non-hydrogen) atoms. The normalized spacial score (nSPS) is 16.6. The Morgan fingerprint density at radius 2 is 1.75 bits per heavy atom. The molecule has 0 saturated carbocycles. The summed E-state index contributed by atoms with van der Waals surface area (Å²) >= 11 is 0. The fourth-order valence-corrected chi connectivity index (χ4v) is 4.21. The first-order chi connectivity index (χ1) is 15.8. The van der Waals surface area contributed by atoms with Gasteiger partial charge in [0.15, 0.2) is 0 Å². The van der Waals surface area contributed by atoms with Gasteiger partial charge in [-0.2, -0.15) is 0 Å². The van der Waals surface area contributed by atoms with Crippen LogP contribution in [-0.4, -0.2) is 31.4 Å². The lowest BCUT2D eigenvalue weighted by Gasteiger charge is -2.35. The molecule has 1 saturated heterocycles. The Balaban J connectivity index is 1.51. The van der Waals surface area contributed by atoms with Gasteiger partial charge in [-0.15, -0.1) is 0 Å². The van der Waals surface area contributed by atoms with E-state index in [1.807, 2.05) is 67.1 Å². The van der Waals surface area contributed by atoms with E-state index in [0.29, 0.717) is 0 Å². The second-order valence-electron chi connectivity index (χ2n) is 8.07. The van der Waals surface area contributed by atoms with Crippen molar-refractivity contribution in [1.82, 2.24) is 24.8 Å². The maximum atomic E-state index is 5.02. The number of hydrogen-bond donors (Lipinski definition) is 1. The third-order valence-corrected chi connectivity index (χ3v) is 5.79. The smallest absolute Gasteiger partial charge is 0.148 e. The number of piperidine rings is 1. The molecular weight excluding hydrogens is 396 g/mol. The molecule has 4 heterocycles. The van der Waals surface area contributed by atoms with Crippen LogP contribution in [0.15, 0.2) is 85.5 Å². The molecule has 6 heteroatoms. The Morgan fingerprint density at radius 3 is 2.56 bits per heavy atom. The largest absolute Gasteiger partial charge is 0.340 e. The fraction of sp³-hybridized carbons (Fsp3) is 0.231. The van der Waals surface area contributed by atoms with Crippen molar-refractivity contribution >= 4 is 11.5 Å². The molecule has 6 nitrogen and oxygen atoms in total. The van der Waals surface area contributed by atoms with Crippen LogP contribution in [0.25, 0.3) is 11.3 Å². The highest BCUT2D eigenvalue weighted by Crippen LogP contribution is 2.32. The molecular formula is C26H26N6. The van der Waals surface area contributed by atoms with Crippen molar-refractivity contribution in [2.24, 2.45) is 0 Å². The van der Waals surface area contributed by atoms with Gasteiger partial charge in [0, 0.05) is 48.6 Å². The van der Waals surface area contributed by atoms with Gasteiger partial charge in [-0.05, 0) is 61.3 Å². The highest BCUT2D eigenvalue weighted by molar-refractivity contribution is 5.65. The molecule has 1 fully saturated rings. The molecule has 1 N–H and O–H groups in total. The first-order valence-electron chi connectivity index (χ1n) is 11.1. The minimum atomic E-state index is 0.171. The summed E-state index contributed by atoms with van der Waals surface area (Å²) in [6, 6.07) is 20.5. The summed E-state index contributed by atoms with van der Waals surface area (Å²) in [7, 11) is 0. The van der Waals surface area contributed by atoms with Crippen LogP contribution in [0.4, 0.5) is 11.5 Å². The van der Waals surface area contributed by atoms with Gasteiger partial charge < -0.3 is 5.32 Å². The van der Waals surface area contributed by atoms with Crippen LogP contribution in [0.3, 0.4) is 0 Å². The van der Waals surface area contributed by atoms with Gasteiger partial charge in [0.05, 0.1) is 11.7 Å². The number of rotatable bonds is 6. The van der Waals surface area contributed by atoms with Crippen molar-refractivity contribution in [2.75, 3.05) is 11.9 Å². The van der Waals surface area contributed by atoms with E-state index in [2.05, 4.69) is 32.3 Å². The zero-order valence-corrected chi connectivity index (χ0v) is 17.9. The summed E-state index contributed by atoms with van der Waals surface area (Å²) in [5, 5.41) is 3.46. The molecule has 1 atom stereocenters. The number of benzene rings is 1. The number of nitrogens with one attached hydrogen (secondary N) is 1. The molecule has 4 aromatic rings. The third-order valence-electron chi connectivity index (χ3n) is 5.79. The standard InChI is InChI=1S/C26H26N6/c1-2-8-22(9-3-1)29-25-17-23(21-7-6-13-28-18-21)30-26(31-25)24-10-4-5-16-32(24)19-20-11-14-27-15-12-20/h1-3,6-9,11-15,17-18,24H,4-5,10,16,19H2,(H,29,30,31)/t24-/m0/s1. The van der Waals surface area contributed by atoms with Gasteiger partial charge >= 0.3 is 0 Å². The van der Waals surface area contributed by atoms with Crippen molar-refractivity contribution in [2.45, 2.75) is 31.8 Å². The summed E-state index contributed by atoms with van der Waals surface area (Å²) in [6.07, 6.45) is 10.8. The quantitative estimate of drug-likeness (QED) is 0.448. The maximum Gasteiger partial charge on any atom is 0.148 e. The van der Waals surface area contributed by atoms with E-state index in [9.17, 15) is 0 Å². The predicted molar refractivity (Wildman–Crippen MR) is 126 cm³/mol. The van der Waals surface area contributed by atoms with E-state index < -0.39 is 0 Å². The molecule has 0 amide bonds. The van der Waals surface area contributed by atoms with Crippen LogP contribution in [0.2, 0.25) is 0 Å². The van der Waals surface area contributed by atoms with Crippen LogP contribution in [0.5, 0.6) is 0 Å². The fourth-order valence-electron chi connectivity index (χ4n) is 4.21. The van der Waals surface area contributed by atoms with Crippen molar-refractivity contribution in [3.8, 4) is 11.3 Å². The number of para-hydroxylation sites is 1. The van der Waals surface area contributed by atoms with Gasteiger partial charge in [-0.1, -0.05) is 24.6 Å². The topological polar surface area (TPSA) is 66.8 Å². The lowest BCUT2D eigenvalue weighted by molar-refractivity contribution is 0.134. The molecule has 0 bridgehead atoms. The van der Waals surface area contributed by atoms with E-state index in [-0.39, 0.29) is 6.04 Å². The Hall–Kier alpha value is -3.64. The van der Waals surface area contributed by atoms with Gasteiger partial charge in [-0.25, -0.2) is 9.97 Å². The first kappa shape index (κ1) is 20.3. The van der Waals surface area contributed by atoms with Gasteiger partial charge in [0.25, 0.3) is 0 Å². The van der Waals surface area contributed by atoms with Crippen molar-refractivity contribution in [3.05, 3.63) is 96.8 Å². The van der Waals surface area contributed by atoms with Gasteiger partial charge in [0.2, 0.25) is 0 Å². The summed E-state index contributed by atoms with van der Waals surface area (Å²) in [5.41, 5.74) is 4.14. The predicted octanol–water partition coefficient (Wildman–Crippen LogP) is 5.40. The molecule has 0 spiro atoms. The highest BCUT2D eigenvalue weighted by atomic mass is 15.2. The van der Waals surface area contributed by atoms with E-state index in [1.54, 1.807) is 6.20 Å². The number of anilines is 2. The van der Waals surface area contributed by atoms with Gasteiger partial charge in [0.1, 0.15) is 11.6 Å². The average Bonchev–Trinajstić information content (AvgIpc) is 2.86. The zero-order chi connectivity index (χ0) is 21.6. The van der Waals surface area contributed by atoms with Crippen molar-refractivity contribution < 1.29 is 0 Å². The number of pyridine rings is 2. The molecule has 0 aliphatic carbocycles. The summed E-state index contributed by atoms with van der Waals surface area (Å²) < 4.78 is 0. The summed E-state index contributed by atoms with van der Waals surface area (Å²) in [5.74, 6) is 1.66. The molecule has 0 unspecified atom stereocenters. The number of hydrogen-bond acceptors (Lipinski definition) is 6.